The minimum absolute atomic E-state index is 0.117. The van der Waals surface area contributed by atoms with E-state index in [0.717, 1.165) is 0 Å². The van der Waals surface area contributed by atoms with Gasteiger partial charge in [-0.25, -0.2) is 4.79 Å². The van der Waals surface area contributed by atoms with Gasteiger partial charge in [0.15, 0.2) is 0 Å². The Bertz CT molecular complexity index is 202. The second kappa shape index (κ2) is 6.05. The van der Waals surface area contributed by atoms with Gasteiger partial charge in [-0.3, -0.25) is 4.79 Å². The third-order valence-electron chi connectivity index (χ3n) is 1.18. The van der Waals surface area contributed by atoms with Gasteiger partial charge in [-0.05, 0) is 6.92 Å². The van der Waals surface area contributed by atoms with Crippen LogP contribution in [0.15, 0.2) is 12.7 Å². The third kappa shape index (κ3) is 6.86. The van der Waals surface area contributed by atoms with Crippen molar-refractivity contribution < 1.29 is 19.4 Å². The highest BCUT2D eigenvalue weighted by molar-refractivity contribution is 5.71. The topological polar surface area (TPSA) is 75.6 Å². The normalized spacial score (nSPS) is 11.5. The Kier molecular flexibility index (Phi) is 5.34. The predicted molar refractivity (Wildman–Crippen MR) is 46.4 cm³/mol. The second-order valence-electron chi connectivity index (χ2n) is 2.53. The molecule has 0 spiro atoms. The van der Waals surface area contributed by atoms with E-state index in [1.165, 1.54) is 6.08 Å². The Hall–Kier alpha value is -1.52. The van der Waals surface area contributed by atoms with Gasteiger partial charge >= 0.3 is 12.1 Å². The van der Waals surface area contributed by atoms with Crippen LogP contribution in [0.1, 0.15) is 13.3 Å². The van der Waals surface area contributed by atoms with Crippen LogP contribution in [0.5, 0.6) is 0 Å². The highest BCUT2D eigenvalue weighted by Gasteiger charge is 2.10. The minimum Gasteiger partial charge on any atom is -0.481 e. The van der Waals surface area contributed by atoms with Crippen LogP contribution in [0, 0.1) is 0 Å². The molecule has 0 saturated heterocycles. The van der Waals surface area contributed by atoms with E-state index < -0.39 is 18.1 Å². The molecule has 5 heteroatoms. The summed E-state index contributed by atoms with van der Waals surface area (Å²) >= 11 is 0. The molecule has 0 bridgehead atoms. The number of carboxylic acid groups (broad SMARTS) is 1. The Labute approximate surface area is 76.4 Å². The van der Waals surface area contributed by atoms with E-state index in [1.54, 1.807) is 6.92 Å². The predicted octanol–water partition coefficient (Wildman–Crippen LogP) is 0.762. The lowest BCUT2D eigenvalue weighted by atomic mass is 10.2. The van der Waals surface area contributed by atoms with E-state index in [9.17, 15) is 9.59 Å². The summed E-state index contributed by atoms with van der Waals surface area (Å²) < 4.78 is 4.58. The minimum atomic E-state index is -0.962. The summed E-state index contributed by atoms with van der Waals surface area (Å²) in [6.07, 6.45) is 0.679. The lowest BCUT2D eigenvalue weighted by molar-refractivity contribution is -0.137. The number of aliphatic carboxylic acids is 1. The molecule has 0 saturated carbocycles. The molecule has 0 heterocycles. The van der Waals surface area contributed by atoms with Crippen molar-refractivity contribution in [2.45, 2.75) is 19.4 Å². The molecule has 0 aliphatic carbocycles. The largest absolute Gasteiger partial charge is 0.481 e. The Morgan fingerprint density at radius 1 is 1.69 bits per heavy atom. The van der Waals surface area contributed by atoms with Crippen molar-refractivity contribution in [1.29, 1.82) is 0 Å². The first kappa shape index (κ1) is 11.5. The highest BCUT2D eigenvalue weighted by Crippen LogP contribution is 1.91. The summed E-state index contributed by atoms with van der Waals surface area (Å²) in [7, 11) is 0. The molecule has 0 rings (SSSR count). The zero-order valence-electron chi connectivity index (χ0n) is 7.45. The van der Waals surface area contributed by atoms with Gasteiger partial charge in [0.25, 0.3) is 0 Å². The number of amides is 1. The van der Waals surface area contributed by atoms with Crippen molar-refractivity contribution in [3.63, 3.8) is 0 Å². The van der Waals surface area contributed by atoms with Gasteiger partial charge in [0.1, 0.15) is 6.61 Å². The Morgan fingerprint density at radius 2 is 2.31 bits per heavy atom. The third-order valence-corrected chi connectivity index (χ3v) is 1.18. The number of carbonyl (C=O) groups excluding carboxylic acids is 1. The van der Waals surface area contributed by atoms with Crippen molar-refractivity contribution in [3.05, 3.63) is 12.7 Å². The van der Waals surface area contributed by atoms with E-state index in [-0.39, 0.29) is 13.0 Å². The lowest BCUT2D eigenvalue weighted by Gasteiger charge is -2.10. The molecule has 74 valence electrons. The van der Waals surface area contributed by atoms with Gasteiger partial charge < -0.3 is 15.2 Å². The van der Waals surface area contributed by atoms with Crippen LogP contribution in [0.25, 0.3) is 0 Å². The van der Waals surface area contributed by atoms with Gasteiger partial charge in [0.05, 0.1) is 6.42 Å². The number of ether oxygens (including phenoxy) is 1. The molecule has 1 amide bonds. The number of hydrogen-bond acceptors (Lipinski definition) is 3. The molecule has 0 aromatic rings. The van der Waals surface area contributed by atoms with Crippen LogP contribution in [-0.2, 0) is 9.53 Å². The molecule has 0 aliphatic heterocycles. The zero-order chi connectivity index (χ0) is 10.3. The van der Waals surface area contributed by atoms with Crippen molar-refractivity contribution >= 4 is 12.1 Å². The highest BCUT2D eigenvalue weighted by atomic mass is 16.5. The maximum Gasteiger partial charge on any atom is 0.407 e. The Balaban J connectivity index is 3.64. The maximum atomic E-state index is 10.8. The SMILES string of the molecule is C=CCOC(=O)N[C@H](C)CC(=O)O. The zero-order valence-corrected chi connectivity index (χ0v) is 7.45. The monoisotopic (exact) mass is 187 g/mol. The van der Waals surface area contributed by atoms with E-state index in [0.29, 0.717) is 0 Å². The van der Waals surface area contributed by atoms with Crippen LogP contribution in [0.2, 0.25) is 0 Å². The van der Waals surface area contributed by atoms with Gasteiger partial charge in [-0.1, -0.05) is 12.7 Å². The standard InChI is InChI=1S/C8H13NO4/c1-3-4-13-8(12)9-6(2)5-7(10)11/h3,6H,1,4-5H2,2H3,(H,9,12)(H,10,11)/t6-/m1/s1. The molecule has 0 aromatic heterocycles. The summed E-state index contributed by atoms with van der Waals surface area (Å²) in [6.45, 7) is 5.06. The summed E-state index contributed by atoms with van der Waals surface area (Å²) in [6, 6.07) is -0.435. The van der Waals surface area contributed by atoms with E-state index in [2.05, 4.69) is 16.6 Å². The van der Waals surface area contributed by atoms with E-state index >= 15 is 0 Å². The number of nitrogens with one attached hydrogen (secondary N) is 1. The first-order valence-electron chi connectivity index (χ1n) is 3.82. The van der Waals surface area contributed by atoms with Crippen molar-refractivity contribution in [3.8, 4) is 0 Å². The van der Waals surface area contributed by atoms with Crippen molar-refractivity contribution in [2.24, 2.45) is 0 Å². The fourth-order valence-electron chi connectivity index (χ4n) is 0.690. The van der Waals surface area contributed by atoms with Crippen LogP contribution in [0.4, 0.5) is 4.79 Å². The fourth-order valence-corrected chi connectivity index (χ4v) is 0.690. The number of carboxylic acids is 1. The lowest BCUT2D eigenvalue weighted by Crippen LogP contribution is -2.34. The number of carbonyl (C=O) groups is 2. The molecule has 0 aliphatic rings. The van der Waals surface area contributed by atoms with Crippen LogP contribution in [0.3, 0.4) is 0 Å². The van der Waals surface area contributed by atoms with Gasteiger partial charge in [-0.2, -0.15) is 0 Å². The van der Waals surface area contributed by atoms with Crippen molar-refractivity contribution in [1.82, 2.24) is 5.32 Å². The van der Waals surface area contributed by atoms with Gasteiger partial charge in [-0.15, -0.1) is 0 Å². The molecule has 0 fully saturated rings. The van der Waals surface area contributed by atoms with Crippen LogP contribution < -0.4 is 5.32 Å². The molecule has 2 N–H and O–H groups in total. The first-order chi connectivity index (χ1) is 6.06. The first-order valence-corrected chi connectivity index (χ1v) is 3.82. The van der Waals surface area contributed by atoms with Gasteiger partial charge in [0, 0.05) is 6.04 Å². The summed E-state index contributed by atoms with van der Waals surface area (Å²) in [4.78, 5) is 21.0. The summed E-state index contributed by atoms with van der Waals surface area (Å²) in [5, 5.41) is 10.7. The van der Waals surface area contributed by atoms with E-state index in [1.807, 2.05) is 0 Å². The number of rotatable bonds is 5. The average molecular weight is 187 g/mol. The molecular formula is C8H13NO4. The second-order valence-corrected chi connectivity index (χ2v) is 2.53. The average Bonchev–Trinajstić information content (AvgIpc) is 1.98. The summed E-state index contributed by atoms with van der Waals surface area (Å²) in [5.41, 5.74) is 0. The number of alkyl carbamates (subject to hydrolysis) is 1. The fraction of sp³-hybridized carbons (Fsp3) is 0.500. The molecule has 5 nitrogen and oxygen atoms in total. The molecule has 1 atom stereocenters. The number of hydrogen-bond donors (Lipinski definition) is 2. The van der Waals surface area contributed by atoms with Gasteiger partial charge in [0.2, 0.25) is 0 Å². The smallest absolute Gasteiger partial charge is 0.407 e. The van der Waals surface area contributed by atoms with Crippen LogP contribution >= 0.6 is 0 Å². The van der Waals surface area contributed by atoms with Crippen molar-refractivity contribution in [2.75, 3.05) is 6.61 Å². The Morgan fingerprint density at radius 3 is 2.77 bits per heavy atom. The molecule has 13 heavy (non-hydrogen) atoms. The summed E-state index contributed by atoms with van der Waals surface area (Å²) in [5.74, 6) is -0.962. The molecular weight excluding hydrogens is 174 g/mol. The van der Waals surface area contributed by atoms with E-state index in [4.69, 9.17) is 5.11 Å². The quantitative estimate of drug-likeness (QED) is 0.623. The van der Waals surface area contributed by atoms with Crippen LogP contribution in [-0.4, -0.2) is 29.8 Å². The molecule has 0 radical (unpaired) electrons. The molecule has 0 aromatic carbocycles. The maximum absolute atomic E-state index is 10.8. The molecule has 0 unspecified atom stereocenters.